The molecule has 1 aromatic heterocycles. The second-order valence-electron chi connectivity index (χ2n) is 7.69. The maximum atomic E-state index is 12.9. The fraction of sp³-hybridized carbons (Fsp3) is 0.737. The molecule has 4 rings (SSSR count). The van der Waals surface area contributed by atoms with E-state index in [-0.39, 0.29) is 0 Å². The number of rotatable bonds is 1. The summed E-state index contributed by atoms with van der Waals surface area (Å²) in [6.45, 7) is 4.21. The Morgan fingerprint density at radius 2 is 1.87 bits per heavy atom. The molecule has 0 saturated carbocycles. The van der Waals surface area contributed by atoms with E-state index >= 15 is 0 Å². The number of nitrogens with one attached hydrogen (secondary N) is 1. The summed E-state index contributed by atoms with van der Waals surface area (Å²) in [7, 11) is 0. The first-order chi connectivity index (χ1) is 11.3. The van der Waals surface area contributed by atoms with Crippen LogP contribution in [0.3, 0.4) is 0 Å². The van der Waals surface area contributed by atoms with Crippen LogP contribution in [0.25, 0.3) is 0 Å². The molecule has 0 radical (unpaired) electrons. The van der Waals surface area contributed by atoms with E-state index in [0.717, 1.165) is 31.1 Å². The minimum absolute atomic E-state index is 0.294. The summed E-state index contributed by atoms with van der Waals surface area (Å²) in [5.74, 6) is 0.294. The molecule has 0 aromatic carbocycles. The van der Waals surface area contributed by atoms with Crippen molar-refractivity contribution in [2.75, 3.05) is 26.2 Å². The second kappa shape index (κ2) is 6.56. The summed E-state index contributed by atoms with van der Waals surface area (Å²) < 4.78 is 0. The highest BCUT2D eigenvalue weighted by molar-refractivity contribution is 7.14. The van der Waals surface area contributed by atoms with Crippen LogP contribution in [-0.2, 0) is 12.8 Å². The zero-order valence-electron chi connectivity index (χ0n) is 14.0. The van der Waals surface area contributed by atoms with E-state index in [2.05, 4.69) is 16.3 Å². The average molecular weight is 333 g/mol. The summed E-state index contributed by atoms with van der Waals surface area (Å²) in [4.78, 5) is 17.5. The first kappa shape index (κ1) is 15.6. The van der Waals surface area contributed by atoms with Crippen molar-refractivity contribution in [2.24, 2.45) is 5.41 Å². The zero-order chi connectivity index (χ0) is 15.7. The van der Waals surface area contributed by atoms with Crippen molar-refractivity contribution in [3.63, 3.8) is 0 Å². The SMILES string of the molecule is O=C(c1cc2c(s1)CCCCCC2)N1CCC2(CCNC2)CC1. The predicted molar refractivity (Wildman–Crippen MR) is 95.3 cm³/mol. The highest BCUT2D eigenvalue weighted by atomic mass is 32.1. The number of carbonyl (C=O) groups excluding carboxylic acids is 1. The molecule has 0 bridgehead atoms. The first-order valence-electron chi connectivity index (χ1n) is 9.37. The number of hydrogen-bond donors (Lipinski definition) is 1. The Labute approximate surface area is 143 Å². The van der Waals surface area contributed by atoms with Crippen LogP contribution >= 0.6 is 11.3 Å². The fourth-order valence-electron chi connectivity index (χ4n) is 4.51. The van der Waals surface area contributed by atoms with E-state index in [0.29, 0.717) is 11.3 Å². The van der Waals surface area contributed by atoms with Gasteiger partial charge in [-0.2, -0.15) is 0 Å². The normalized spacial score (nSPS) is 24.3. The van der Waals surface area contributed by atoms with Gasteiger partial charge in [-0.1, -0.05) is 12.8 Å². The minimum atomic E-state index is 0.294. The molecule has 1 aromatic rings. The number of fused-ring (bicyclic) bond motifs is 1. The van der Waals surface area contributed by atoms with Gasteiger partial charge in [-0.3, -0.25) is 4.79 Å². The van der Waals surface area contributed by atoms with E-state index in [4.69, 9.17) is 0 Å². The molecule has 23 heavy (non-hydrogen) atoms. The Morgan fingerprint density at radius 3 is 2.61 bits per heavy atom. The van der Waals surface area contributed by atoms with Crippen molar-refractivity contribution < 1.29 is 4.79 Å². The van der Waals surface area contributed by atoms with Crippen molar-refractivity contribution in [2.45, 2.75) is 57.8 Å². The summed E-state index contributed by atoms with van der Waals surface area (Å²) in [5.41, 5.74) is 1.95. The molecule has 1 aliphatic carbocycles. The van der Waals surface area contributed by atoms with Crippen LogP contribution in [0.15, 0.2) is 6.07 Å². The smallest absolute Gasteiger partial charge is 0.263 e. The van der Waals surface area contributed by atoms with Crippen LogP contribution in [0.1, 0.15) is 65.1 Å². The molecule has 1 spiro atoms. The third-order valence-corrected chi connectivity index (χ3v) is 7.38. The molecule has 2 fully saturated rings. The van der Waals surface area contributed by atoms with Gasteiger partial charge >= 0.3 is 0 Å². The van der Waals surface area contributed by atoms with Crippen molar-refractivity contribution in [1.29, 1.82) is 0 Å². The van der Waals surface area contributed by atoms with Gasteiger partial charge in [-0.05, 0) is 68.5 Å². The monoisotopic (exact) mass is 332 g/mol. The van der Waals surface area contributed by atoms with E-state index in [9.17, 15) is 4.79 Å². The van der Waals surface area contributed by atoms with Gasteiger partial charge in [0.05, 0.1) is 4.88 Å². The lowest BCUT2D eigenvalue weighted by atomic mass is 9.78. The van der Waals surface area contributed by atoms with Crippen LogP contribution < -0.4 is 5.32 Å². The van der Waals surface area contributed by atoms with Crippen LogP contribution in [0, 0.1) is 5.41 Å². The molecule has 0 unspecified atom stereocenters. The molecular formula is C19H28N2OS. The van der Waals surface area contributed by atoms with Gasteiger partial charge in [0.2, 0.25) is 0 Å². The molecule has 126 valence electrons. The van der Waals surface area contributed by atoms with E-state index < -0.39 is 0 Å². The zero-order valence-corrected chi connectivity index (χ0v) is 14.8. The molecular weight excluding hydrogens is 304 g/mol. The maximum Gasteiger partial charge on any atom is 0.263 e. The van der Waals surface area contributed by atoms with E-state index in [1.807, 2.05) is 0 Å². The standard InChI is InChI=1S/C19H28N2OS/c22-18(21-11-8-19(9-12-21)7-10-20-14-19)17-13-15-5-3-1-2-4-6-16(15)23-17/h13,20H,1-12,14H2. The minimum Gasteiger partial charge on any atom is -0.338 e. The summed E-state index contributed by atoms with van der Waals surface area (Å²) in [6, 6.07) is 2.22. The molecule has 1 N–H and O–H groups in total. The number of hydrogen-bond acceptors (Lipinski definition) is 3. The summed E-state index contributed by atoms with van der Waals surface area (Å²) in [5, 5.41) is 3.50. The van der Waals surface area contributed by atoms with Crippen LogP contribution in [0.2, 0.25) is 0 Å². The van der Waals surface area contributed by atoms with Crippen molar-refractivity contribution in [1.82, 2.24) is 10.2 Å². The van der Waals surface area contributed by atoms with Gasteiger partial charge in [-0.15, -0.1) is 11.3 Å². The van der Waals surface area contributed by atoms with Gasteiger partial charge in [0.25, 0.3) is 5.91 Å². The molecule has 3 nitrogen and oxygen atoms in total. The number of amides is 1. The number of thiophene rings is 1. The lowest BCUT2D eigenvalue weighted by molar-refractivity contribution is 0.0612. The molecule has 0 atom stereocenters. The number of piperidine rings is 1. The van der Waals surface area contributed by atoms with Crippen LogP contribution in [0.5, 0.6) is 0 Å². The van der Waals surface area contributed by atoms with Crippen molar-refractivity contribution in [3.8, 4) is 0 Å². The Bertz CT molecular complexity index is 538. The highest BCUT2D eigenvalue weighted by Crippen LogP contribution is 2.38. The van der Waals surface area contributed by atoms with Crippen molar-refractivity contribution in [3.05, 3.63) is 21.4 Å². The van der Waals surface area contributed by atoms with Gasteiger partial charge in [0.1, 0.15) is 0 Å². The Kier molecular flexibility index (Phi) is 4.46. The summed E-state index contributed by atoms with van der Waals surface area (Å²) >= 11 is 1.78. The third kappa shape index (κ3) is 3.20. The number of nitrogens with zero attached hydrogens (tertiary/aromatic N) is 1. The predicted octanol–water partition coefficient (Wildman–Crippen LogP) is 3.62. The molecule has 3 aliphatic rings. The molecule has 2 aliphatic heterocycles. The van der Waals surface area contributed by atoms with Gasteiger partial charge in [-0.25, -0.2) is 0 Å². The lowest BCUT2D eigenvalue weighted by Crippen LogP contribution is -2.43. The lowest BCUT2D eigenvalue weighted by Gasteiger charge is -2.38. The first-order valence-corrected chi connectivity index (χ1v) is 10.2. The molecule has 3 heterocycles. The fourth-order valence-corrected chi connectivity index (χ4v) is 5.73. The molecule has 1 amide bonds. The quantitative estimate of drug-likeness (QED) is 0.852. The number of aryl methyl sites for hydroxylation is 2. The average Bonchev–Trinajstić information content (AvgIpc) is 3.15. The largest absolute Gasteiger partial charge is 0.338 e. The van der Waals surface area contributed by atoms with Gasteiger partial charge in [0.15, 0.2) is 0 Å². The molecule has 4 heteroatoms. The van der Waals surface area contributed by atoms with E-state index in [1.54, 1.807) is 11.3 Å². The number of carbonyl (C=O) groups is 1. The Morgan fingerprint density at radius 1 is 1.09 bits per heavy atom. The summed E-state index contributed by atoms with van der Waals surface area (Å²) in [6.07, 6.45) is 11.3. The maximum absolute atomic E-state index is 12.9. The second-order valence-corrected chi connectivity index (χ2v) is 8.83. The topological polar surface area (TPSA) is 32.3 Å². The van der Waals surface area contributed by atoms with Crippen LogP contribution in [-0.4, -0.2) is 37.0 Å². The van der Waals surface area contributed by atoms with Gasteiger partial charge in [0, 0.05) is 24.5 Å². The van der Waals surface area contributed by atoms with Crippen molar-refractivity contribution >= 4 is 17.2 Å². The number of likely N-dealkylation sites (tertiary alicyclic amines) is 1. The Balaban J connectivity index is 1.44. The highest BCUT2D eigenvalue weighted by Gasteiger charge is 2.38. The Hall–Kier alpha value is -0.870. The molecule has 2 saturated heterocycles. The van der Waals surface area contributed by atoms with Crippen LogP contribution in [0.4, 0.5) is 0 Å². The third-order valence-electron chi connectivity index (χ3n) is 6.15. The van der Waals surface area contributed by atoms with Gasteiger partial charge < -0.3 is 10.2 Å². The van der Waals surface area contributed by atoms with E-state index in [1.165, 1.54) is 68.2 Å².